The van der Waals surface area contributed by atoms with Crippen LogP contribution in [0.25, 0.3) is 0 Å². The van der Waals surface area contributed by atoms with Crippen molar-refractivity contribution in [3.05, 3.63) is 71.8 Å². The first-order valence-electron chi connectivity index (χ1n) is 11.0. The van der Waals surface area contributed by atoms with Crippen LogP contribution in [0.2, 0.25) is 0 Å². The topological polar surface area (TPSA) is 95.5 Å². The number of carbonyl (C=O) groups is 3. The van der Waals surface area contributed by atoms with Crippen molar-refractivity contribution in [1.29, 1.82) is 0 Å². The molecule has 8 heteroatoms. The Morgan fingerprint density at radius 1 is 0.879 bits per heavy atom. The SMILES string of the molecule is O=C(O)CCCC(=O)N[C@@H](Cc1ccccc1)C(=O)C(F)(F)CNCCCc1ccccc1. The number of carboxylic acids is 1. The van der Waals surface area contributed by atoms with Crippen LogP contribution < -0.4 is 10.6 Å². The molecule has 1 amide bonds. The zero-order valence-corrected chi connectivity index (χ0v) is 18.4. The third-order valence-electron chi connectivity index (χ3n) is 5.10. The van der Waals surface area contributed by atoms with E-state index in [-0.39, 0.29) is 25.7 Å². The molecule has 0 heterocycles. The Kier molecular flexibility index (Phi) is 10.6. The molecule has 178 valence electrons. The summed E-state index contributed by atoms with van der Waals surface area (Å²) in [6.07, 6.45) is 0.987. The normalized spacial score (nSPS) is 12.2. The van der Waals surface area contributed by atoms with Gasteiger partial charge in [0.15, 0.2) is 0 Å². The van der Waals surface area contributed by atoms with Crippen LogP contribution in [-0.2, 0) is 27.2 Å². The van der Waals surface area contributed by atoms with E-state index >= 15 is 0 Å². The minimum absolute atomic E-state index is 0.0623. The maximum absolute atomic E-state index is 14.7. The van der Waals surface area contributed by atoms with Gasteiger partial charge >= 0.3 is 11.9 Å². The Bertz CT molecular complexity index is 892. The summed E-state index contributed by atoms with van der Waals surface area (Å²) in [6.45, 7) is -0.497. The molecule has 0 fully saturated rings. The van der Waals surface area contributed by atoms with E-state index < -0.39 is 36.2 Å². The lowest BCUT2D eigenvalue weighted by molar-refractivity contribution is -0.146. The number of aliphatic carboxylic acids is 1. The van der Waals surface area contributed by atoms with Gasteiger partial charge in [0, 0.05) is 12.8 Å². The summed E-state index contributed by atoms with van der Waals surface area (Å²) in [7, 11) is 0. The number of nitrogens with one attached hydrogen (secondary N) is 2. The molecule has 0 radical (unpaired) electrons. The molecule has 0 bridgehead atoms. The minimum Gasteiger partial charge on any atom is -0.481 e. The zero-order valence-electron chi connectivity index (χ0n) is 18.4. The van der Waals surface area contributed by atoms with Crippen molar-refractivity contribution in [2.24, 2.45) is 0 Å². The smallest absolute Gasteiger partial charge is 0.319 e. The van der Waals surface area contributed by atoms with Gasteiger partial charge in [-0.1, -0.05) is 60.7 Å². The Morgan fingerprint density at radius 3 is 2.09 bits per heavy atom. The molecule has 1 atom stereocenters. The van der Waals surface area contributed by atoms with Crippen molar-refractivity contribution in [2.75, 3.05) is 13.1 Å². The molecule has 2 aromatic carbocycles. The summed E-state index contributed by atoms with van der Waals surface area (Å²) in [5, 5.41) is 13.7. The first kappa shape index (κ1) is 26.1. The second-order valence-electron chi connectivity index (χ2n) is 7.89. The van der Waals surface area contributed by atoms with Crippen LogP contribution in [0.4, 0.5) is 8.78 Å². The maximum atomic E-state index is 14.7. The van der Waals surface area contributed by atoms with E-state index in [1.807, 2.05) is 30.3 Å². The van der Waals surface area contributed by atoms with Crippen molar-refractivity contribution in [1.82, 2.24) is 10.6 Å². The van der Waals surface area contributed by atoms with Crippen LogP contribution in [0.1, 0.15) is 36.8 Å². The quantitative estimate of drug-likeness (QED) is 0.354. The highest BCUT2D eigenvalue weighted by Gasteiger charge is 2.43. The fourth-order valence-electron chi connectivity index (χ4n) is 3.38. The molecule has 0 saturated carbocycles. The number of carbonyl (C=O) groups excluding carboxylic acids is 2. The second kappa shape index (κ2) is 13.4. The molecule has 0 aromatic heterocycles. The van der Waals surface area contributed by atoms with Crippen LogP contribution in [0.3, 0.4) is 0 Å². The predicted octanol–water partition coefficient (Wildman–Crippen LogP) is 3.40. The van der Waals surface area contributed by atoms with Gasteiger partial charge in [0.05, 0.1) is 12.6 Å². The molecule has 0 unspecified atom stereocenters. The predicted molar refractivity (Wildman–Crippen MR) is 121 cm³/mol. The molecule has 0 aliphatic carbocycles. The average Bonchev–Trinajstić information content (AvgIpc) is 2.79. The maximum Gasteiger partial charge on any atom is 0.319 e. The van der Waals surface area contributed by atoms with E-state index in [4.69, 9.17) is 5.11 Å². The molecular weight excluding hydrogens is 430 g/mol. The number of halogens is 2. The highest BCUT2D eigenvalue weighted by atomic mass is 19.3. The van der Waals surface area contributed by atoms with E-state index in [2.05, 4.69) is 10.6 Å². The van der Waals surface area contributed by atoms with Gasteiger partial charge in [-0.15, -0.1) is 0 Å². The molecule has 2 rings (SSSR count). The van der Waals surface area contributed by atoms with Gasteiger partial charge in [-0.25, -0.2) is 0 Å². The van der Waals surface area contributed by atoms with Crippen molar-refractivity contribution in [3.8, 4) is 0 Å². The summed E-state index contributed by atoms with van der Waals surface area (Å²) in [6, 6.07) is 16.8. The number of ketones is 1. The Morgan fingerprint density at radius 2 is 1.48 bits per heavy atom. The van der Waals surface area contributed by atoms with Gasteiger partial charge in [0.25, 0.3) is 0 Å². The Labute approximate surface area is 192 Å². The van der Waals surface area contributed by atoms with Crippen molar-refractivity contribution < 1.29 is 28.3 Å². The Balaban J connectivity index is 1.92. The first-order chi connectivity index (χ1) is 15.8. The molecule has 33 heavy (non-hydrogen) atoms. The van der Waals surface area contributed by atoms with Gasteiger partial charge in [0.2, 0.25) is 11.7 Å². The van der Waals surface area contributed by atoms with Crippen molar-refractivity contribution in [3.63, 3.8) is 0 Å². The lowest BCUT2D eigenvalue weighted by atomic mass is 9.98. The molecule has 0 saturated heterocycles. The molecule has 3 N–H and O–H groups in total. The van der Waals surface area contributed by atoms with E-state index in [9.17, 15) is 23.2 Å². The monoisotopic (exact) mass is 460 g/mol. The number of hydrogen-bond donors (Lipinski definition) is 3. The van der Waals surface area contributed by atoms with E-state index in [0.717, 1.165) is 12.0 Å². The second-order valence-corrected chi connectivity index (χ2v) is 7.89. The van der Waals surface area contributed by atoms with Gasteiger partial charge < -0.3 is 15.7 Å². The molecule has 0 spiro atoms. The third-order valence-corrected chi connectivity index (χ3v) is 5.10. The number of aryl methyl sites for hydroxylation is 1. The number of Topliss-reactive ketones (excluding diaryl/α,β-unsaturated/α-hetero) is 1. The highest BCUT2D eigenvalue weighted by molar-refractivity contribution is 5.94. The average molecular weight is 461 g/mol. The van der Waals surface area contributed by atoms with Crippen molar-refractivity contribution in [2.45, 2.75) is 50.5 Å². The van der Waals surface area contributed by atoms with E-state index in [1.165, 1.54) is 0 Å². The minimum atomic E-state index is -3.67. The van der Waals surface area contributed by atoms with Gasteiger partial charge in [-0.05, 0) is 43.4 Å². The number of alkyl halides is 2. The molecule has 0 aliphatic heterocycles. The van der Waals surface area contributed by atoms with E-state index in [1.54, 1.807) is 30.3 Å². The zero-order chi connectivity index (χ0) is 24.1. The van der Waals surface area contributed by atoms with Crippen LogP contribution >= 0.6 is 0 Å². The van der Waals surface area contributed by atoms with Crippen LogP contribution in [-0.4, -0.2) is 47.8 Å². The number of amides is 1. The number of hydrogen-bond acceptors (Lipinski definition) is 4. The molecule has 6 nitrogen and oxygen atoms in total. The van der Waals surface area contributed by atoms with Crippen molar-refractivity contribution >= 4 is 17.7 Å². The Hall–Kier alpha value is -3.13. The number of carboxylic acid groups (broad SMARTS) is 1. The standard InChI is InChI=1S/C25H30F2N2O4/c26-25(27,18-28-16-8-13-19-9-3-1-4-10-19)24(33)21(17-20-11-5-2-6-12-20)29-22(30)14-7-15-23(31)32/h1-6,9-12,21,28H,7-8,13-18H2,(H,29,30)(H,31,32)/t21-/m0/s1. The largest absolute Gasteiger partial charge is 0.481 e. The summed E-state index contributed by atoms with van der Waals surface area (Å²) >= 11 is 0. The summed E-state index contributed by atoms with van der Waals surface area (Å²) < 4.78 is 29.4. The van der Waals surface area contributed by atoms with Crippen LogP contribution in [0.5, 0.6) is 0 Å². The number of benzene rings is 2. The fourth-order valence-corrected chi connectivity index (χ4v) is 3.38. The molecular formula is C25H30F2N2O4. The molecule has 0 aliphatic rings. The lowest BCUT2D eigenvalue weighted by Crippen LogP contribution is -2.52. The highest BCUT2D eigenvalue weighted by Crippen LogP contribution is 2.19. The number of rotatable bonds is 15. The van der Waals surface area contributed by atoms with Crippen LogP contribution in [0.15, 0.2) is 60.7 Å². The van der Waals surface area contributed by atoms with E-state index in [0.29, 0.717) is 18.5 Å². The van der Waals surface area contributed by atoms with Gasteiger partial charge in [0.1, 0.15) is 0 Å². The lowest BCUT2D eigenvalue weighted by Gasteiger charge is -2.24. The summed E-state index contributed by atoms with van der Waals surface area (Å²) in [5.41, 5.74) is 1.74. The molecule has 2 aromatic rings. The summed E-state index contributed by atoms with van der Waals surface area (Å²) in [4.78, 5) is 35.5. The van der Waals surface area contributed by atoms with Crippen LogP contribution in [0, 0.1) is 0 Å². The first-order valence-corrected chi connectivity index (χ1v) is 11.0. The fraction of sp³-hybridized carbons (Fsp3) is 0.400. The van der Waals surface area contributed by atoms with Gasteiger partial charge in [-0.2, -0.15) is 8.78 Å². The van der Waals surface area contributed by atoms with Gasteiger partial charge in [-0.3, -0.25) is 14.4 Å². The third kappa shape index (κ3) is 9.91. The summed E-state index contributed by atoms with van der Waals surface area (Å²) in [5.74, 6) is -6.71.